The summed E-state index contributed by atoms with van der Waals surface area (Å²) in [5, 5.41) is 8.07. The van der Waals surface area contributed by atoms with Crippen LogP contribution in [0.25, 0.3) is 0 Å². The summed E-state index contributed by atoms with van der Waals surface area (Å²) in [6.07, 6.45) is 3.19. The zero-order valence-electron chi connectivity index (χ0n) is 17.0. The van der Waals surface area contributed by atoms with Crippen molar-refractivity contribution in [2.24, 2.45) is 0 Å². The predicted molar refractivity (Wildman–Crippen MR) is 116 cm³/mol. The van der Waals surface area contributed by atoms with Crippen LogP contribution in [0.4, 0.5) is 0 Å². The molecule has 5 rings (SSSR count). The quantitative estimate of drug-likeness (QED) is 0.454. The third-order valence-electron chi connectivity index (χ3n) is 5.99. The molecule has 2 aliphatic rings. The monoisotopic (exact) mass is 434 g/mol. The summed E-state index contributed by atoms with van der Waals surface area (Å²) in [6, 6.07) is 18.5. The molecule has 1 unspecified atom stereocenters. The van der Waals surface area contributed by atoms with Gasteiger partial charge in [0.2, 0.25) is 5.91 Å². The smallest absolute Gasteiger partial charge is 0.332 e. The molecular weight excluding hydrogens is 412 g/mol. The molecule has 2 saturated heterocycles. The first kappa shape index (κ1) is 19.8. The Balaban J connectivity index is 1.52. The fourth-order valence-corrected chi connectivity index (χ4v) is 5.78. The van der Waals surface area contributed by atoms with Crippen LogP contribution in [0.1, 0.15) is 30.6 Å². The number of esters is 1. The van der Waals surface area contributed by atoms with Crippen molar-refractivity contribution in [1.82, 2.24) is 19.9 Å². The first-order valence-corrected chi connectivity index (χ1v) is 11.2. The molecule has 0 spiro atoms. The van der Waals surface area contributed by atoms with E-state index in [4.69, 9.17) is 4.74 Å². The second-order valence-corrected chi connectivity index (χ2v) is 9.18. The number of carbonyl (C=O) groups excluding carboxylic acids is 2. The fourth-order valence-electron chi connectivity index (χ4n) is 4.30. The van der Waals surface area contributed by atoms with Crippen LogP contribution in [0, 0.1) is 0 Å². The molecule has 0 N–H and O–H groups in total. The molecule has 0 aliphatic carbocycles. The van der Waals surface area contributed by atoms with Crippen LogP contribution in [-0.2, 0) is 19.9 Å². The van der Waals surface area contributed by atoms with E-state index in [-0.39, 0.29) is 11.3 Å². The normalized spacial score (nSPS) is 25.1. The lowest BCUT2D eigenvalue weighted by atomic mass is 9.89. The molecule has 2 aromatic carbocycles. The number of ether oxygens (including phenoxy) is 1. The van der Waals surface area contributed by atoms with Crippen LogP contribution < -0.4 is 0 Å². The maximum absolute atomic E-state index is 13.7. The lowest BCUT2D eigenvalue weighted by Gasteiger charge is -2.54. The molecule has 2 fully saturated rings. The first-order chi connectivity index (χ1) is 15.1. The van der Waals surface area contributed by atoms with Crippen LogP contribution in [-0.4, -0.2) is 48.9 Å². The van der Waals surface area contributed by atoms with E-state index in [1.54, 1.807) is 33.7 Å². The Kier molecular flexibility index (Phi) is 5.02. The summed E-state index contributed by atoms with van der Waals surface area (Å²) >= 11 is 1.66. The van der Waals surface area contributed by atoms with E-state index in [9.17, 15) is 9.59 Å². The van der Waals surface area contributed by atoms with Crippen molar-refractivity contribution in [3.8, 4) is 0 Å². The molecule has 8 heteroatoms. The topological polar surface area (TPSA) is 77.3 Å². The van der Waals surface area contributed by atoms with Crippen molar-refractivity contribution in [1.29, 1.82) is 0 Å². The van der Waals surface area contributed by atoms with Gasteiger partial charge in [-0.25, -0.2) is 9.48 Å². The van der Waals surface area contributed by atoms with Crippen molar-refractivity contribution in [3.63, 3.8) is 0 Å². The number of β-lactam (4-membered cyclic amide) rings is 1. The van der Waals surface area contributed by atoms with E-state index in [1.807, 2.05) is 67.6 Å². The second-order valence-electron chi connectivity index (χ2n) is 8.02. The number of rotatable bonds is 5. The molecule has 3 heterocycles. The molecule has 3 aromatic rings. The fraction of sp³-hybridized carbons (Fsp3) is 0.304. The summed E-state index contributed by atoms with van der Waals surface area (Å²) in [4.78, 5) is 27.9. The van der Waals surface area contributed by atoms with Gasteiger partial charge < -0.3 is 9.64 Å². The summed E-state index contributed by atoms with van der Waals surface area (Å²) in [5.41, 5.74) is 0.991. The SMILES string of the molecule is CC1(n2ccnn2)CS[C@@H]2CC(=O)N2[C@H]1C(=O)OC(c1ccccc1)c1ccccc1. The highest BCUT2D eigenvalue weighted by atomic mass is 32.2. The molecule has 3 atom stereocenters. The van der Waals surface area contributed by atoms with Crippen LogP contribution >= 0.6 is 11.8 Å². The van der Waals surface area contributed by atoms with E-state index in [0.717, 1.165) is 11.1 Å². The highest BCUT2D eigenvalue weighted by Gasteiger charge is 2.58. The molecule has 1 aromatic heterocycles. The van der Waals surface area contributed by atoms with E-state index in [0.29, 0.717) is 12.2 Å². The second kappa shape index (κ2) is 7.85. The van der Waals surface area contributed by atoms with Crippen molar-refractivity contribution >= 4 is 23.6 Å². The maximum Gasteiger partial charge on any atom is 0.332 e. The first-order valence-electron chi connectivity index (χ1n) is 10.2. The molecule has 158 valence electrons. The predicted octanol–water partition coefficient (Wildman–Crippen LogP) is 3.00. The van der Waals surface area contributed by atoms with Crippen molar-refractivity contribution in [2.75, 3.05) is 5.75 Å². The van der Waals surface area contributed by atoms with Gasteiger partial charge in [-0.2, -0.15) is 0 Å². The Morgan fingerprint density at radius 1 is 1.13 bits per heavy atom. The number of thioether (sulfide) groups is 1. The maximum atomic E-state index is 13.7. The highest BCUT2D eigenvalue weighted by molar-refractivity contribution is 8.00. The summed E-state index contributed by atoms with van der Waals surface area (Å²) in [6.45, 7) is 1.93. The van der Waals surface area contributed by atoms with Crippen LogP contribution in [0.2, 0.25) is 0 Å². The molecular formula is C23H22N4O3S. The highest BCUT2D eigenvalue weighted by Crippen LogP contribution is 2.45. The number of carbonyl (C=O) groups is 2. The number of nitrogens with zero attached hydrogens (tertiary/aromatic N) is 4. The minimum atomic E-state index is -0.781. The van der Waals surface area contributed by atoms with Crippen molar-refractivity contribution in [3.05, 3.63) is 84.2 Å². The van der Waals surface area contributed by atoms with E-state index >= 15 is 0 Å². The summed E-state index contributed by atoms with van der Waals surface area (Å²) in [7, 11) is 0. The Hall–Kier alpha value is -3.13. The average molecular weight is 435 g/mol. The van der Waals surface area contributed by atoms with Crippen LogP contribution in [0.15, 0.2) is 73.1 Å². The largest absolute Gasteiger partial charge is 0.451 e. The van der Waals surface area contributed by atoms with Gasteiger partial charge in [0.05, 0.1) is 18.0 Å². The Morgan fingerprint density at radius 2 is 1.77 bits per heavy atom. The van der Waals surface area contributed by atoms with E-state index in [1.165, 1.54) is 0 Å². The lowest BCUT2D eigenvalue weighted by Crippen LogP contribution is -2.70. The van der Waals surface area contributed by atoms with Gasteiger partial charge in [0.15, 0.2) is 12.1 Å². The third kappa shape index (κ3) is 3.40. The molecule has 31 heavy (non-hydrogen) atoms. The van der Waals surface area contributed by atoms with Gasteiger partial charge in [-0.1, -0.05) is 65.9 Å². The van der Waals surface area contributed by atoms with Crippen molar-refractivity contribution < 1.29 is 14.3 Å². The Labute approximate surface area is 184 Å². The molecule has 2 aliphatic heterocycles. The number of aromatic nitrogens is 3. The summed E-state index contributed by atoms with van der Waals surface area (Å²) < 4.78 is 7.83. The third-order valence-corrected chi connectivity index (χ3v) is 7.52. The summed E-state index contributed by atoms with van der Waals surface area (Å²) in [5.74, 6) is 0.154. The lowest BCUT2D eigenvalue weighted by molar-refractivity contribution is -0.171. The van der Waals surface area contributed by atoms with Gasteiger partial charge in [-0.3, -0.25) is 4.79 Å². The van der Waals surface area contributed by atoms with Gasteiger partial charge in [0, 0.05) is 11.9 Å². The number of hydrogen-bond donors (Lipinski definition) is 0. The molecule has 1 amide bonds. The number of amides is 1. The van der Waals surface area contributed by atoms with E-state index in [2.05, 4.69) is 10.3 Å². The molecule has 0 saturated carbocycles. The van der Waals surface area contributed by atoms with Gasteiger partial charge in [-0.15, -0.1) is 16.9 Å². The zero-order valence-corrected chi connectivity index (χ0v) is 17.8. The Bertz CT molecular complexity index is 1040. The minimum Gasteiger partial charge on any atom is -0.451 e. The number of fused-ring (bicyclic) bond motifs is 1. The Morgan fingerprint density at radius 3 is 2.32 bits per heavy atom. The zero-order chi connectivity index (χ0) is 21.4. The minimum absolute atomic E-state index is 0.00598. The van der Waals surface area contributed by atoms with Gasteiger partial charge in [0.1, 0.15) is 5.54 Å². The van der Waals surface area contributed by atoms with Crippen molar-refractivity contribution in [2.45, 2.75) is 36.4 Å². The molecule has 0 radical (unpaired) electrons. The van der Waals surface area contributed by atoms with Gasteiger partial charge >= 0.3 is 5.97 Å². The van der Waals surface area contributed by atoms with Crippen LogP contribution in [0.3, 0.4) is 0 Å². The van der Waals surface area contributed by atoms with Gasteiger partial charge in [0.25, 0.3) is 0 Å². The van der Waals surface area contributed by atoms with Gasteiger partial charge in [-0.05, 0) is 18.1 Å². The number of benzene rings is 2. The van der Waals surface area contributed by atoms with Crippen LogP contribution in [0.5, 0.6) is 0 Å². The standard InChI is InChI=1S/C23H22N4O3S/c1-23(26-13-12-24-25-26)15-31-19-14-18(28)27(19)21(23)22(29)30-20(16-8-4-2-5-9-16)17-10-6-3-7-11-17/h2-13,19-21H,14-15H2,1H3/t19-,21+,23?/m1/s1. The molecule has 7 nitrogen and oxygen atoms in total. The average Bonchev–Trinajstić information content (AvgIpc) is 3.35. The van der Waals surface area contributed by atoms with E-state index < -0.39 is 23.7 Å². The number of hydrogen-bond acceptors (Lipinski definition) is 6. The molecule has 0 bridgehead atoms.